The van der Waals surface area contributed by atoms with Gasteiger partial charge in [-0.05, 0) is 44.0 Å². The lowest BCUT2D eigenvalue weighted by Crippen LogP contribution is -2.30. The summed E-state index contributed by atoms with van der Waals surface area (Å²) in [5, 5.41) is 5.17. The summed E-state index contributed by atoms with van der Waals surface area (Å²) in [6.45, 7) is 7.56. The second kappa shape index (κ2) is 7.42. The molecule has 0 aliphatic heterocycles. The number of thiazole rings is 1. The van der Waals surface area contributed by atoms with Gasteiger partial charge in [0, 0.05) is 17.0 Å². The molecular weight excluding hydrogens is 346 g/mol. The molecule has 1 aromatic carbocycles. The Morgan fingerprint density at radius 2 is 1.75 bits per heavy atom. The monoisotopic (exact) mass is 367 g/mol. The predicted molar refractivity (Wildman–Crippen MR) is 96.1 cm³/mol. The molecule has 1 heterocycles. The number of hydrogen-bond donors (Lipinski definition) is 2. The van der Waals surface area contributed by atoms with Gasteiger partial charge in [-0.15, -0.1) is 11.3 Å². The van der Waals surface area contributed by atoms with Gasteiger partial charge in [-0.3, -0.25) is 10.1 Å². The van der Waals surface area contributed by atoms with E-state index in [1.165, 1.54) is 35.6 Å². The molecule has 0 atom stereocenters. The Balaban J connectivity index is 2.11. The minimum Gasteiger partial charge on any atom is -0.298 e. The van der Waals surface area contributed by atoms with Crippen LogP contribution in [-0.2, 0) is 10.0 Å². The van der Waals surface area contributed by atoms with Crippen molar-refractivity contribution in [1.29, 1.82) is 0 Å². The van der Waals surface area contributed by atoms with Gasteiger partial charge in [-0.2, -0.15) is 0 Å². The highest BCUT2D eigenvalue weighted by atomic mass is 32.2. The van der Waals surface area contributed by atoms with Crippen molar-refractivity contribution in [1.82, 2.24) is 9.71 Å². The highest BCUT2D eigenvalue weighted by Crippen LogP contribution is 2.22. The number of anilines is 1. The maximum atomic E-state index is 12.2. The van der Waals surface area contributed by atoms with Crippen LogP contribution in [-0.4, -0.2) is 25.4 Å². The summed E-state index contributed by atoms with van der Waals surface area (Å²) in [5.74, 6) is -0.0229. The third-order valence-corrected chi connectivity index (χ3v) is 5.60. The van der Waals surface area contributed by atoms with Crippen molar-refractivity contribution in [2.75, 3.05) is 5.32 Å². The number of nitrogens with one attached hydrogen (secondary N) is 2. The Morgan fingerprint density at radius 1 is 1.12 bits per heavy atom. The second-order valence-electron chi connectivity index (χ2n) is 5.99. The van der Waals surface area contributed by atoms with Gasteiger partial charge in [0.2, 0.25) is 10.0 Å². The first-order valence-electron chi connectivity index (χ1n) is 7.58. The van der Waals surface area contributed by atoms with E-state index in [-0.39, 0.29) is 16.8 Å². The molecule has 1 amide bonds. The summed E-state index contributed by atoms with van der Waals surface area (Å²) >= 11 is 1.37. The van der Waals surface area contributed by atoms with E-state index in [1.807, 2.05) is 19.2 Å². The minimum atomic E-state index is -3.56. The van der Waals surface area contributed by atoms with Crippen LogP contribution in [0.3, 0.4) is 0 Å². The molecule has 0 unspecified atom stereocenters. The molecular formula is C16H21N3O3S2. The van der Waals surface area contributed by atoms with E-state index in [4.69, 9.17) is 0 Å². The summed E-state index contributed by atoms with van der Waals surface area (Å²) in [5.41, 5.74) is 1.30. The summed E-state index contributed by atoms with van der Waals surface area (Å²) in [4.78, 5) is 16.7. The second-order valence-corrected chi connectivity index (χ2v) is 8.56. The molecule has 0 aliphatic carbocycles. The van der Waals surface area contributed by atoms with E-state index in [1.54, 1.807) is 13.8 Å². The van der Waals surface area contributed by atoms with E-state index in [2.05, 4.69) is 15.0 Å². The average Bonchev–Trinajstić information content (AvgIpc) is 2.95. The fourth-order valence-corrected chi connectivity index (χ4v) is 4.06. The van der Waals surface area contributed by atoms with Crippen LogP contribution in [0.2, 0.25) is 0 Å². The first-order chi connectivity index (χ1) is 11.2. The fraction of sp³-hybridized carbons (Fsp3) is 0.375. The molecule has 0 spiro atoms. The molecule has 2 N–H and O–H groups in total. The zero-order valence-electron chi connectivity index (χ0n) is 14.0. The molecule has 24 heavy (non-hydrogen) atoms. The largest absolute Gasteiger partial charge is 0.298 e. The maximum absolute atomic E-state index is 12.2. The lowest BCUT2D eigenvalue weighted by Gasteiger charge is -2.10. The summed E-state index contributed by atoms with van der Waals surface area (Å²) in [7, 11) is -3.56. The molecule has 0 aliphatic rings. The fourth-order valence-electron chi connectivity index (χ4n) is 1.94. The third-order valence-electron chi connectivity index (χ3n) is 3.15. The first kappa shape index (κ1) is 18.6. The van der Waals surface area contributed by atoms with Gasteiger partial charge < -0.3 is 0 Å². The van der Waals surface area contributed by atoms with Crippen LogP contribution in [0.15, 0.2) is 34.5 Å². The molecule has 0 fully saturated rings. The van der Waals surface area contributed by atoms with Crippen molar-refractivity contribution in [3.63, 3.8) is 0 Å². The molecule has 2 aromatic rings. The maximum Gasteiger partial charge on any atom is 0.257 e. The number of hydrogen-bond acceptors (Lipinski definition) is 5. The molecule has 0 bridgehead atoms. The molecule has 1 aromatic heterocycles. The number of amides is 1. The molecule has 130 valence electrons. The molecule has 2 rings (SSSR count). The van der Waals surface area contributed by atoms with Gasteiger partial charge in [0.1, 0.15) is 0 Å². The Labute approximate surface area is 146 Å². The number of rotatable bonds is 6. The van der Waals surface area contributed by atoms with Gasteiger partial charge in [0.05, 0.1) is 10.6 Å². The van der Waals surface area contributed by atoms with Crippen molar-refractivity contribution >= 4 is 32.4 Å². The van der Waals surface area contributed by atoms with Crippen molar-refractivity contribution < 1.29 is 13.2 Å². The Bertz CT molecular complexity index is 809. The van der Waals surface area contributed by atoms with E-state index in [0.717, 1.165) is 5.69 Å². The van der Waals surface area contributed by atoms with Crippen LogP contribution < -0.4 is 10.0 Å². The van der Waals surface area contributed by atoms with Gasteiger partial charge in [0.25, 0.3) is 5.91 Å². The smallest absolute Gasteiger partial charge is 0.257 e. The standard InChI is InChI=1S/C16H21N3O3S2/c1-10(2)14-9-23-16(17-14)18-15(20)12-5-7-13(8-6-12)24(21,22)19-11(3)4/h5-11,19H,1-4H3,(H,17,18,20). The SMILES string of the molecule is CC(C)NS(=O)(=O)c1ccc(C(=O)Nc2nc(C(C)C)cs2)cc1. The van der Waals surface area contributed by atoms with Gasteiger partial charge in [-0.1, -0.05) is 13.8 Å². The van der Waals surface area contributed by atoms with Crippen LogP contribution in [0.1, 0.15) is 49.7 Å². The number of benzene rings is 1. The van der Waals surface area contributed by atoms with E-state index < -0.39 is 10.0 Å². The summed E-state index contributed by atoms with van der Waals surface area (Å²) in [6.07, 6.45) is 0. The molecule has 0 radical (unpaired) electrons. The van der Waals surface area contributed by atoms with Crippen LogP contribution >= 0.6 is 11.3 Å². The zero-order valence-corrected chi connectivity index (χ0v) is 15.7. The zero-order chi connectivity index (χ0) is 17.9. The van der Waals surface area contributed by atoms with E-state index in [9.17, 15) is 13.2 Å². The quantitative estimate of drug-likeness (QED) is 0.820. The van der Waals surface area contributed by atoms with Crippen molar-refractivity contribution in [2.45, 2.75) is 44.6 Å². The van der Waals surface area contributed by atoms with Crippen LogP contribution in [0.4, 0.5) is 5.13 Å². The van der Waals surface area contributed by atoms with Crippen molar-refractivity contribution in [3.8, 4) is 0 Å². The van der Waals surface area contributed by atoms with Crippen LogP contribution in [0.5, 0.6) is 0 Å². The Hall–Kier alpha value is -1.77. The average molecular weight is 367 g/mol. The number of carbonyl (C=O) groups is 1. The highest BCUT2D eigenvalue weighted by Gasteiger charge is 2.16. The number of aromatic nitrogens is 1. The minimum absolute atomic E-state index is 0.129. The molecule has 6 nitrogen and oxygen atoms in total. The van der Waals surface area contributed by atoms with Crippen molar-refractivity contribution in [2.24, 2.45) is 0 Å². The number of nitrogens with zero attached hydrogens (tertiary/aromatic N) is 1. The van der Waals surface area contributed by atoms with E-state index in [0.29, 0.717) is 16.6 Å². The molecule has 0 saturated carbocycles. The third kappa shape index (κ3) is 4.62. The number of sulfonamides is 1. The van der Waals surface area contributed by atoms with Gasteiger partial charge in [-0.25, -0.2) is 18.1 Å². The predicted octanol–water partition coefficient (Wildman–Crippen LogP) is 3.21. The Morgan fingerprint density at radius 3 is 2.25 bits per heavy atom. The normalized spacial score (nSPS) is 11.9. The van der Waals surface area contributed by atoms with Crippen molar-refractivity contribution in [3.05, 3.63) is 40.9 Å². The lowest BCUT2D eigenvalue weighted by atomic mass is 10.2. The van der Waals surface area contributed by atoms with Crippen LogP contribution in [0.25, 0.3) is 0 Å². The van der Waals surface area contributed by atoms with Gasteiger partial charge >= 0.3 is 0 Å². The van der Waals surface area contributed by atoms with Gasteiger partial charge in [0.15, 0.2) is 5.13 Å². The lowest BCUT2D eigenvalue weighted by molar-refractivity contribution is 0.102. The topological polar surface area (TPSA) is 88.2 Å². The molecule has 0 saturated heterocycles. The number of carbonyl (C=O) groups excluding carboxylic acids is 1. The Kier molecular flexibility index (Phi) is 5.74. The van der Waals surface area contributed by atoms with Crippen LogP contribution in [0, 0.1) is 0 Å². The summed E-state index contributed by atoms with van der Waals surface area (Å²) < 4.78 is 26.6. The summed E-state index contributed by atoms with van der Waals surface area (Å²) in [6, 6.07) is 5.61. The molecule has 8 heteroatoms. The van der Waals surface area contributed by atoms with E-state index >= 15 is 0 Å². The highest BCUT2D eigenvalue weighted by molar-refractivity contribution is 7.89. The first-order valence-corrected chi connectivity index (χ1v) is 9.94.